The molecule has 0 spiro atoms. The van der Waals surface area contributed by atoms with Gasteiger partial charge in [0.1, 0.15) is 5.70 Å². The summed E-state index contributed by atoms with van der Waals surface area (Å²) in [7, 11) is 0. The summed E-state index contributed by atoms with van der Waals surface area (Å²) in [4.78, 5) is 9.88. The fraction of sp³-hybridized carbons (Fsp3) is 0. The number of hydrogen-bond acceptors (Lipinski definition) is 3. The van der Waals surface area contributed by atoms with Gasteiger partial charge in [-0.2, -0.15) is 0 Å². The molecule has 0 rings (SSSR count). The Labute approximate surface area is 54.0 Å². The Kier molecular flexibility index (Phi) is 7.65. The van der Waals surface area contributed by atoms with Crippen LogP contribution in [0.1, 0.15) is 0 Å². The molecule has 0 aromatic rings. The summed E-state index contributed by atoms with van der Waals surface area (Å²) < 4.78 is 0. The van der Waals surface area contributed by atoms with Crippen LogP contribution in [0.2, 0.25) is 0 Å². The second-order valence-corrected chi connectivity index (χ2v) is 0.986. The van der Waals surface area contributed by atoms with Gasteiger partial charge < -0.3 is 17.2 Å². The molecule has 0 heterocycles. The lowest BCUT2D eigenvalue weighted by atomic mass is 10.5. The quantitative estimate of drug-likeness (QED) is 0.314. The Hall–Kier alpha value is -1.45. The van der Waals surface area contributed by atoms with Gasteiger partial charge in [0.2, 0.25) is 0 Å². The number of hydrogen-bond donors (Lipinski definition) is 3. The lowest BCUT2D eigenvalue weighted by Crippen LogP contribution is -2.20. The predicted molar refractivity (Wildman–Crippen MR) is 36.9 cm³/mol. The topological polar surface area (TPSA) is 95.1 Å². The molecule has 4 nitrogen and oxygen atoms in total. The molecule has 52 valence electrons. The Balaban J connectivity index is 0. The molecule has 0 saturated carbocycles. The summed E-state index contributed by atoms with van der Waals surface area (Å²) in [6.07, 6.45) is 0.961. The lowest BCUT2D eigenvalue weighted by Gasteiger charge is -1.86. The van der Waals surface area contributed by atoms with Gasteiger partial charge in [-0.3, -0.25) is 4.79 Å². The number of rotatable bonds is 1. The zero-order valence-electron chi connectivity index (χ0n) is 5.13. The normalized spacial score (nSPS) is 9.11. The van der Waals surface area contributed by atoms with Gasteiger partial charge in [-0.1, -0.05) is 0 Å². The van der Waals surface area contributed by atoms with Crippen molar-refractivity contribution < 1.29 is 4.79 Å². The van der Waals surface area contributed by atoms with Crippen LogP contribution in [0.5, 0.6) is 0 Å². The van der Waals surface area contributed by atoms with Gasteiger partial charge in [-0.15, -0.1) is 13.2 Å². The van der Waals surface area contributed by atoms with Crippen molar-refractivity contribution in [1.82, 2.24) is 0 Å². The molecule has 0 aliphatic heterocycles. The lowest BCUT2D eigenvalue weighted by molar-refractivity contribution is -0.114. The van der Waals surface area contributed by atoms with Gasteiger partial charge in [0, 0.05) is 6.20 Å². The van der Waals surface area contributed by atoms with Crippen LogP contribution in [-0.2, 0) is 4.79 Å². The van der Waals surface area contributed by atoms with E-state index in [4.69, 9.17) is 11.5 Å². The predicted octanol–water partition coefficient (Wildman–Crippen LogP) is -0.967. The number of primary amides is 1. The molecule has 0 unspecified atom stereocenters. The van der Waals surface area contributed by atoms with E-state index in [1.807, 2.05) is 0 Å². The number of amides is 1. The van der Waals surface area contributed by atoms with Gasteiger partial charge in [0.05, 0.1) is 0 Å². The molecule has 0 saturated heterocycles. The minimum absolute atomic E-state index is 0.111. The van der Waals surface area contributed by atoms with Crippen LogP contribution in [0.15, 0.2) is 25.1 Å². The molecule has 6 N–H and O–H groups in total. The average molecular weight is 129 g/mol. The van der Waals surface area contributed by atoms with Crippen LogP contribution >= 0.6 is 0 Å². The van der Waals surface area contributed by atoms with Gasteiger partial charge >= 0.3 is 0 Å². The zero-order chi connectivity index (χ0) is 7.86. The fourth-order valence-electron chi connectivity index (χ4n) is 0.0821. The van der Waals surface area contributed by atoms with Crippen molar-refractivity contribution in [3.63, 3.8) is 0 Å². The third-order valence-electron chi connectivity index (χ3n) is 0.464. The molecule has 0 atom stereocenters. The Morgan fingerprint density at radius 3 is 1.67 bits per heavy atom. The van der Waals surface area contributed by atoms with E-state index in [1.54, 1.807) is 0 Å². The summed E-state index contributed by atoms with van der Waals surface area (Å²) in [5.41, 5.74) is 14.2. The number of carbonyl (C=O) groups excluding carboxylic acids is 1. The highest BCUT2D eigenvalue weighted by atomic mass is 16.1. The molecule has 0 radical (unpaired) electrons. The van der Waals surface area contributed by atoms with E-state index in [9.17, 15) is 4.79 Å². The monoisotopic (exact) mass is 129 g/mol. The standard InChI is InChI=1S/C3H7N3O.C2H4/c4-1-2(5)3(6)7;1-2/h1H,4-5H2,(H2,6,7);1-2H2/b2-1-;. The summed E-state index contributed by atoms with van der Waals surface area (Å²) in [6, 6.07) is 0. The maximum atomic E-state index is 9.88. The van der Waals surface area contributed by atoms with Crippen LogP contribution in [0, 0.1) is 0 Å². The summed E-state index contributed by atoms with van der Waals surface area (Å²) in [5.74, 6) is -0.692. The highest BCUT2D eigenvalue weighted by molar-refractivity contribution is 5.90. The van der Waals surface area contributed by atoms with Crippen molar-refractivity contribution in [2.45, 2.75) is 0 Å². The third-order valence-corrected chi connectivity index (χ3v) is 0.464. The van der Waals surface area contributed by atoms with E-state index in [1.165, 1.54) is 0 Å². The van der Waals surface area contributed by atoms with Gasteiger partial charge in [0.15, 0.2) is 0 Å². The van der Waals surface area contributed by atoms with Gasteiger partial charge in [-0.25, -0.2) is 0 Å². The van der Waals surface area contributed by atoms with E-state index in [2.05, 4.69) is 18.9 Å². The first-order valence-corrected chi connectivity index (χ1v) is 2.15. The molecule has 0 fully saturated rings. The summed E-state index contributed by atoms with van der Waals surface area (Å²) >= 11 is 0. The number of nitrogens with two attached hydrogens (primary N) is 3. The second kappa shape index (κ2) is 6.55. The molecule has 0 aromatic heterocycles. The van der Waals surface area contributed by atoms with Crippen LogP contribution in [0.4, 0.5) is 0 Å². The van der Waals surface area contributed by atoms with Crippen molar-refractivity contribution in [2.24, 2.45) is 17.2 Å². The van der Waals surface area contributed by atoms with E-state index < -0.39 is 5.91 Å². The van der Waals surface area contributed by atoms with E-state index in [0.717, 1.165) is 6.20 Å². The molecule has 4 heteroatoms. The van der Waals surface area contributed by atoms with Crippen LogP contribution < -0.4 is 17.2 Å². The molecular formula is C5H11N3O. The van der Waals surface area contributed by atoms with Crippen LogP contribution in [0.3, 0.4) is 0 Å². The van der Waals surface area contributed by atoms with Crippen molar-refractivity contribution in [3.8, 4) is 0 Å². The number of carbonyl (C=O) groups is 1. The SMILES string of the molecule is C=C.N/C=C(\N)C(N)=O. The fourth-order valence-corrected chi connectivity index (χ4v) is 0.0821. The Bertz CT molecular complexity index is 119. The minimum atomic E-state index is -0.692. The maximum absolute atomic E-state index is 9.88. The minimum Gasteiger partial charge on any atom is -0.403 e. The molecule has 0 aromatic carbocycles. The average Bonchev–Trinajstić information content (AvgIpc) is 1.91. The van der Waals surface area contributed by atoms with Crippen LogP contribution in [0.25, 0.3) is 0 Å². The van der Waals surface area contributed by atoms with Crippen molar-refractivity contribution in [3.05, 3.63) is 25.1 Å². The van der Waals surface area contributed by atoms with Crippen molar-refractivity contribution >= 4 is 5.91 Å². The Morgan fingerprint density at radius 1 is 1.33 bits per heavy atom. The first-order valence-electron chi connectivity index (χ1n) is 2.15. The molecule has 9 heavy (non-hydrogen) atoms. The smallest absolute Gasteiger partial charge is 0.266 e. The maximum Gasteiger partial charge on any atom is 0.266 e. The van der Waals surface area contributed by atoms with Crippen molar-refractivity contribution in [2.75, 3.05) is 0 Å². The highest BCUT2D eigenvalue weighted by Gasteiger charge is 1.91. The summed E-state index contributed by atoms with van der Waals surface area (Å²) in [5, 5.41) is 0. The molecule has 0 bridgehead atoms. The van der Waals surface area contributed by atoms with Gasteiger partial charge in [0.25, 0.3) is 5.91 Å². The molecule has 1 amide bonds. The molecule has 0 aliphatic carbocycles. The van der Waals surface area contributed by atoms with E-state index >= 15 is 0 Å². The molecule has 0 aliphatic rings. The van der Waals surface area contributed by atoms with E-state index in [-0.39, 0.29) is 5.70 Å². The second-order valence-electron chi connectivity index (χ2n) is 0.986. The van der Waals surface area contributed by atoms with Crippen LogP contribution in [-0.4, -0.2) is 5.91 Å². The third kappa shape index (κ3) is 6.55. The van der Waals surface area contributed by atoms with Crippen molar-refractivity contribution in [1.29, 1.82) is 0 Å². The molecular weight excluding hydrogens is 118 g/mol. The largest absolute Gasteiger partial charge is 0.403 e. The first-order chi connectivity index (χ1) is 4.18. The zero-order valence-corrected chi connectivity index (χ0v) is 5.13. The highest BCUT2D eigenvalue weighted by Crippen LogP contribution is 1.70. The summed E-state index contributed by atoms with van der Waals surface area (Å²) in [6.45, 7) is 6.00. The van der Waals surface area contributed by atoms with E-state index in [0.29, 0.717) is 0 Å². The van der Waals surface area contributed by atoms with Gasteiger partial charge in [-0.05, 0) is 0 Å². The first kappa shape index (κ1) is 10.5. The Morgan fingerprint density at radius 2 is 1.67 bits per heavy atom.